The molecule has 0 saturated carbocycles. The standard InChI is InChI=1S/C5H7NOS2/c1-2-6-4(7)3-9-5(6)8/h3,7H,2H2,1H3. The van der Waals surface area contributed by atoms with Crippen molar-refractivity contribution in [3.05, 3.63) is 9.33 Å². The SMILES string of the molecule is CCn1c(O)csc1=S. The van der Waals surface area contributed by atoms with Crippen LogP contribution >= 0.6 is 23.6 Å². The minimum Gasteiger partial charge on any atom is -0.494 e. The van der Waals surface area contributed by atoms with Crippen LogP contribution in [0.2, 0.25) is 0 Å². The molecular weight excluding hydrogens is 154 g/mol. The summed E-state index contributed by atoms with van der Waals surface area (Å²) >= 11 is 6.28. The average Bonchev–Trinajstić information content (AvgIpc) is 2.12. The van der Waals surface area contributed by atoms with Crippen LogP contribution < -0.4 is 0 Å². The zero-order valence-electron chi connectivity index (χ0n) is 5.00. The van der Waals surface area contributed by atoms with Crippen molar-refractivity contribution in [2.24, 2.45) is 0 Å². The number of nitrogens with zero attached hydrogens (tertiary/aromatic N) is 1. The van der Waals surface area contributed by atoms with Gasteiger partial charge in [0.05, 0.1) is 5.38 Å². The molecule has 0 aliphatic heterocycles. The van der Waals surface area contributed by atoms with Gasteiger partial charge in [0.1, 0.15) is 0 Å². The molecule has 1 aromatic heterocycles. The molecule has 4 heteroatoms. The summed E-state index contributed by atoms with van der Waals surface area (Å²) in [6, 6.07) is 0. The third-order valence-corrected chi connectivity index (χ3v) is 2.34. The van der Waals surface area contributed by atoms with Gasteiger partial charge in [-0.3, -0.25) is 4.57 Å². The van der Waals surface area contributed by atoms with Gasteiger partial charge in [-0.25, -0.2) is 0 Å². The highest BCUT2D eigenvalue weighted by atomic mass is 32.1. The minimum absolute atomic E-state index is 0.271. The maximum atomic E-state index is 9.04. The van der Waals surface area contributed by atoms with E-state index in [1.54, 1.807) is 9.95 Å². The monoisotopic (exact) mass is 161 g/mol. The van der Waals surface area contributed by atoms with Crippen molar-refractivity contribution in [3.63, 3.8) is 0 Å². The van der Waals surface area contributed by atoms with E-state index in [0.717, 1.165) is 10.5 Å². The van der Waals surface area contributed by atoms with Gasteiger partial charge in [-0.05, 0) is 19.1 Å². The summed E-state index contributed by atoms with van der Waals surface area (Å²) in [5.74, 6) is 0.271. The Morgan fingerprint density at radius 1 is 1.89 bits per heavy atom. The number of thiazole rings is 1. The molecule has 0 radical (unpaired) electrons. The van der Waals surface area contributed by atoms with E-state index in [-0.39, 0.29) is 5.88 Å². The van der Waals surface area contributed by atoms with E-state index >= 15 is 0 Å². The molecule has 0 bridgehead atoms. The van der Waals surface area contributed by atoms with Gasteiger partial charge in [0.15, 0.2) is 3.95 Å². The molecule has 1 aromatic rings. The number of hydrogen-bond donors (Lipinski definition) is 1. The molecule has 0 unspecified atom stereocenters. The largest absolute Gasteiger partial charge is 0.494 e. The lowest BCUT2D eigenvalue weighted by atomic mass is 10.7. The molecule has 0 saturated heterocycles. The van der Waals surface area contributed by atoms with Crippen LogP contribution in [0.4, 0.5) is 0 Å². The van der Waals surface area contributed by atoms with Crippen molar-refractivity contribution in [1.29, 1.82) is 0 Å². The van der Waals surface area contributed by atoms with Crippen LogP contribution in [0.15, 0.2) is 5.38 Å². The first kappa shape index (κ1) is 6.77. The summed E-state index contributed by atoms with van der Waals surface area (Å²) in [5, 5.41) is 10.7. The Kier molecular flexibility index (Phi) is 1.87. The van der Waals surface area contributed by atoms with Crippen LogP contribution in [-0.4, -0.2) is 9.67 Å². The van der Waals surface area contributed by atoms with Crippen molar-refractivity contribution < 1.29 is 5.11 Å². The summed E-state index contributed by atoms with van der Waals surface area (Å²) in [4.78, 5) is 0. The first-order valence-electron chi connectivity index (χ1n) is 2.63. The molecule has 50 valence electrons. The van der Waals surface area contributed by atoms with Crippen LogP contribution in [0.25, 0.3) is 0 Å². The van der Waals surface area contributed by atoms with Crippen molar-refractivity contribution in [3.8, 4) is 5.88 Å². The molecule has 0 amide bonds. The fraction of sp³-hybridized carbons (Fsp3) is 0.400. The molecule has 0 fully saturated rings. The van der Waals surface area contributed by atoms with Crippen LogP contribution in [0.1, 0.15) is 6.92 Å². The topological polar surface area (TPSA) is 25.2 Å². The Labute approximate surface area is 62.4 Å². The third-order valence-electron chi connectivity index (χ3n) is 1.08. The highest BCUT2D eigenvalue weighted by Gasteiger charge is 1.96. The van der Waals surface area contributed by atoms with Gasteiger partial charge in [-0.1, -0.05) is 0 Å². The van der Waals surface area contributed by atoms with Crippen LogP contribution in [0.5, 0.6) is 5.88 Å². The van der Waals surface area contributed by atoms with Gasteiger partial charge in [0, 0.05) is 6.54 Å². The fourth-order valence-corrected chi connectivity index (χ4v) is 1.67. The normalized spacial score (nSPS) is 9.89. The summed E-state index contributed by atoms with van der Waals surface area (Å²) in [5.41, 5.74) is 0. The van der Waals surface area contributed by atoms with E-state index in [9.17, 15) is 0 Å². The lowest BCUT2D eigenvalue weighted by molar-refractivity contribution is 0.420. The number of aromatic hydroxyl groups is 1. The summed E-state index contributed by atoms with van der Waals surface area (Å²) in [6.07, 6.45) is 0. The van der Waals surface area contributed by atoms with E-state index in [2.05, 4.69) is 0 Å². The number of aromatic nitrogens is 1. The van der Waals surface area contributed by atoms with E-state index in [1.807, 2.05) is 6.92 Å². The highest BCUT2D eigenvalue weighted by Crippen LogP contribution is 2.15. The van der Waals surface area contributed by atoms with Gasteiger partial charge >= 0.3 is 0 Å². The van der Waals surface area contributed by atoms with E-state index in [4.69, 9.17) is 17.3 Å². The van der Waals surface area contributed by atoms with Gasteiger partial charge < -0.3 is 5.11 Å². The molecular formula is C5H7NOS2. The molecule has 9 heavy (non-hydrogen) atoms. The van der Waals surface area contributed by atoms with Crippen molar-refractivity contribution in [1.82, 2.24) is 4.57 Å². The quantitative estimate of drug-likeness (QED) is 0.637. The summed E-state index contributed by atoms with van der Waals surface area (Å²) in [6.45, 7) is 2.69. The lowest BCUT2D eigenvalue weighted by Gasteiger charge is -1.95. The molecule has 1 heterocycles. The van der Waals surface area contributed by atoms with E-state index in [1.165, 1.54) is 11.3 Å². The molecule has 1 rings (SSSR count). The zero-order chi connectivity index (χ0) is 6.85. The first-order chi connectivity index (χ1) is 4.25. The van der Waals surface area contributed by atoms with Crippen LogP contribution in [0, 0.1) is 3.95 Å². The fourth-order valence-electron chi connectivity index (χ4n) is 0.615. The number of hydrogen-bond acceptors (Lipinski definition) is 3. The Morgan fingerprint density at radius 3 is 2.78 bits per heavy atom. The van der Waals surface area contributed by atoms with Gasteiger partial charge in [-0.2, -0.15) is 0 Å². The number of rotatable bonds is 1. The summed E-state index contributed by atoms with van der Waals surface area (Å²) in [7, 11) is 0. The second-order valence-corrected chi connectivity index (χ2v) is 3.11. The highest BCUT2D eigenvalue weighted by molar-refractivity contribution is 7.73. The van der Waals surface area contributed by atoms with Crippen molar-refractivity contribution in [2.45, 2.75) is 13.5 Å². The average molecular weight is 161 g/mol. The molecule has 0 aliphatic rings. The van der Waals surface area contributed by atoms with Crippen molar-refractivity contribution in [2.75, 3.05) is 0 Å². The van der Waals surface area contributed by atoms with Crippen LogP contribution in [0.3, 0.4) is 0 Å². The zero-order valence-corrected chi connectivity index (χ0v) is 6.63. The van der Waals surface area contributed by atoms with Gasteiger partial charge in [0.2, 0.25) is 5.88 Å². The molecule has 0 atom stereocenters. The Balaban J connectivity index is 3.23. The predicted molar refractivity (Wildman–Crippen MR) is 40.5 cm³/mol. The molecule has 1 N–H and O–H groups in total. The smallest absolute Gasteiger partial charge is 0.202 e. The van der Waals surface area contributed by atoms with Crippen molar-refractivity contribution >= 4 is 23.6 Å². The summed E-state index contributed by atoms with van der Waals surface area (Å²) < 4.78 is 2.41. The van der Waals surface area contributed by atoms with Crippen LogP contribution in [-0.2, 0) is 6.54 Å². The van der Waals surface area contributed by atoms with E-state index < -0.39 is 0 Å². The second kappa shape index (κ2) is 2.49. The molecule has 0 aliphatic carbocycles. The Morgan fingerprint density at radius 2 is 2.56 bits per heavy atom. The molecule has 0 aromatic carbocycles. The first-order valence-corrected chi connectivity index (χ1v) is 3.91. The second-order valence-electron chi connectivity index (χ2n) is 1.60. The third kappa shape index (κ3) is 1.14. The maximum absolute atomic E-state index is 9.04. The minimum atomic E-state index is 0.271. The Hall–Kier alpha value is -0.350. The van der Waals surface area contributed by atoms with Gasteiger partial charge in [-0.15, -0.1) is 11.3 Å². The Bertz CT molecular complexity index is 250. The maximum Gasteiger partial charge on any atom is 0.202 e. The molecule has 2 nitrogen and oxygen atoms in total. The molecule has 0 spiro atoms. The predicted octanol–water partition coefficient (Wildman–Crippen LogP) is 2.00. The van der Waals surface area contributed by atoms with E-state index in [0.29, 0.717) is 0 Å². The lowest BCUT2D eigenvalue weighted by Crippen LogP contribution is -1.90. The van der Waals surface area contributed by atoms with Gasteiger partial charge in [0.25, 0.3) is 0 Å².